The van der Waals surface area contributed by atoms with Gasteiger partial charge in [-0.15, -0.1) is 12.3 Å². The van der Waals surface area contributed by atoms with Crippen molar-refractivity contribution < 1.29 is 48.6 Å². The van der Waals surface area contributed by atoms with Crippen LogP contribution in [0.3, 0.4) is 0 Å². The first-order valence-electron chi connectivity index (χ1n) is 7.22. The average molecular weight is 367 g/mol. The van der Waals surface area contributed by atoms with Gasteiger partial charge in [0.15, 0.2) is 6.17 Å². The van der Waals surface area contributed by atoms with E-state index in [-0.39, 0.29) is 12.8 Å². The Labute approximate surface area is 141 Å². The number of hydrogen-bond donors (Lipinski definition) is 6. The Morgan fingerprint density at radius 3 is 2.48 bits per heavy atom. The van der Waals surface area contributed by atoms with Gasteiger partial charge in [0.25, 0.3) is 0 Å². The van der Waals surface area contributed by atoms with Gasteiger partial charge in [-0.1, -0.05) is 0 Å². The molecule has 0 radical (unpaired) electrons. The molecule has 0 unspecified atom stereocenters. The summed E-state index contributed by atoms with van der Waals surface area (Å²) in [6.07, 6.45) is -6.94. The fourth-order valence-electron chi connectivity index (χ4n) is 2.32. The molecule has 1 amide bonds. The van der Waals surface area contributed by atoms with Gasteiger partial charge in [0.1, 0.15) is 24.4 Å². The second kappa shape index (κ2) is 8.50. The third kappa shape index (κ3) is 4.42. The number of carbonyl (C=O) groups excluding carboxylic acids is 1. The van der Waals surface area contributed by atoms with Crippen molar-refractivity contribution in [2.24, 2.45) is 0 Å². The molecule has 0 aromatic carbocycles. The summed E-state index contributed by atoms with van der Waals surface area (Å²) in [4.78, 5) is 22.7. The lowest BCUT2D eigenvalue weighted by atomic mass is 9.88. The van der Waals surface area contributed by atoms with Crippen molar-refractivity contribution in [2.75, 3.05) is 6.61 Å². The van der Waals surface area contributed by atoms with Crippen LogP contribution in [0.5, 0.6) is 0 Å². The molecular weight excluding hydrogens is 348 g/mol. The molecule has 0 aromatic rings. The third-order valence-electron chi connectivity index (χ3n) is 3.72. The molecule has 1 rings (SSSR count). The van der Waals surface area contributed by atoms with E-state index in [1.165, 1.54) is 0 Å². The van der Waals surface area contributed by atoms with Crippen LogP contribution in [0.15, 0.2) is 0 Å². The molecule has 1 fully saturated rings. The summed E-state index contributed by atoms with van der Waals surface area (Å²) >= 11 is 0. The Morgan fingerprint density at radius 1 is 1.40 bits per heavy atom. The van der Waals surface area contributed by atoms with Crippen LogP contribution in [-0.2, 0) is 14.3 Å². The summed E-state index contributed by atoms with van der Waals surface area (Å²) in [7, 11) is 0. The van der Waals surface area contributed by atoms with Crippen molar-refractivity contribution in [3.63, 3.8) is 0 Å². The van der Waals surface area contributed by atoms with Gasteiger partial charge in [0.2, 0.25) is 5.91 Å². The van der Waals surface area contributed by atoms with E-state index in [2.05, 4.69) is 16.0 Å². The van der Waals surface area contributed by atoms with Crippen LogP contribution in [0.25, 0.3) is 0 Å². The van der Waals surface area contributed by atoms with Crippen LogP contribution >= 0.6 is 0 Å². The number of carbonyl (C=O) groups is 2. The van der Waals surface area contributed by atoms with Crippen molar-refractivity contribution in [1.29, 1.82) is 0 Å². The first-order valence-corrected chi connectivity index (χ1v) is 7.22. The Morgan fingerprint density at radius 2 is 2.00 bits per heavy atom. The van der Waals surface area contributed by atoms with Gasteiger partial charge >= 0.3 is 11.8 Å². The van der Waals surface area contributed by atoms with Crippen LogP contribution in [0.4, 0.5) is 8.78 Å². The zero-order valence-electron chi connectivity index (χ0n) is 12.9. The maximum Gasteiger partial charge on any atom is 0.372 e. The van der Waals surface area contributed by atoms with Crippen molar-refractivity contribution in [3.8, 4) is 12.3 Å². The van der Waals surface area contributed by atoms with Gasteiger partial charge in [0.05, 0.1) is 12.6 Å². The molecule has 1 aliphatic heterocycles. The lowest BCUT2D eigenvalue weighted by molar-refractivity contribution is -0.293. The molecule has 1 heterocycles. The van der Waals surface area contributed by atoms with Gasteiger partial charge in [-0.2, -0.15) is 4.39 Å². The summed E-state index contributed by atoms with van der Waals surface area (Å²) < 4.78 is 32.8. The molecule has 1 saturated heterocycles. The maximum atomic E-state index is 14.3. The standard InChI is InChI=1S/C14H19F2NO8/c1-2-3-4-7(20)17-8-10(22)12(15)14(16,13(23)24)25-11(8)9(21)6(19)5-18/h1,6,8-12,18-19,21-22H,3-5H2,(H,17,20)(H,23,24)/t6-,8-,9-,10-,11-,12-,14-/m1/s1. The SMILES string of the molecule is C#CCCC(=O)N[C@@H]1[C@@H](O)[C@@H](F)[C@](F)(C(=O)O)O[C@H]1[C@H](O)[C@H](O)CO. The summed E-state index contributed by atoms with van der Waals surface area (Å²) in [5.41, 5.74) is 0. The highest BCUT2D eigenvalue weighted by molar-refractivity contribution is 5.78. The number of nitrogens with one attached hydrogen (secondary N) is 1. The lowest BCUT2D eigenvalue weighted by Gasteiger charge is -2.45. The average Bonchev–Trinajstić information content (AvgIpc) is 2.58. The zero-order valence-corrected chi connectivity index (χ0v) is 12.9. The largest absolute Gasteiger partial charge is 0.477 e. The molecule has 0 bridgehead atoms. The van der Waals surface area contributed by atoms with Crippen LogP contribution in [-0.4, -0.2) is 86.5 Å². The van der Waals surface area contributed by atoms with E-state index in [0.717, 1.165) is 0 Å². The number of amides is 1. The minimum atomic E-state index is -4.03. The van der Waals surface area contributed by atoms with Gasteiger partial charge in [-0.3, -0.25) is 4.79 Å². The number of alkyl halides is 2. The molecule has 0 aromatic heterocycles. The van der Waals surface area contributed by atoms with E-state index >= 15 is 0 Å². The summed E-state index contributed by atoms with van der Waals surface area (Å²) in [5, 5.41) is 49.0. The fourth-order valence-corrected chi connectivity index (χ4v) is 2.32. The predicted octanol–water partition coefficient (Wildman–Crippen LogP) is -2.55. The molecule has 1 aliphatic rings. The Bertz CT molecular complexity index is 541. The molecule has 11 heteroatoms. The molecule has 0 aliphatic carbocycles. The van der Waals surface area contributed by atoms with E-state index in [1.807, 2.05) is 0 Å². The maximum absolute atomic E-state index is 14.3. The van der Waals surface area contributed by atoms with Crippen LogP contribution in [0.1, 0.15) is 12.8 Å². The predicted molar refractivity (Wildman–Crippen MR) is 76.3 cm³/mol. The minimum absolute atomic E-state index is 0.0107. The molecule has 6 N–H and O–H groups in total. The van der Waals surface area contributed by atoms with Crippen LogP contribution in [0, 0.1) is 12.3 Å². The quantitative estimate of drug-likeness (QED) is 0.269. The summed E-state index contributed by atoms with van der Waals surface area (Å²) in [6, 6.07) is -1.81. The highest BCUT2D eigenvalue weighted by Gasteiger charge is 2.62. The smallest absolute Gasteiger partial charge is 0.372 e. The molecular formula is C14H19F2NO8. The first kappa shape index (κ1) is 21.2. The van der Waals surface area contributed by atoms with Gasteiger partial charge in [-0.05, 0) is 0 Å². The topological polar surface area (TPSA) is 157 Å². The van der Waals surface area contributed by atoms with Crippen molar-refractivity contribution in [1.82, 2.24) is 5.32 Å². The zero-order chi connectivity index (χ0) is 19.4. The van der Waals surface area contributed by atoms with Crippen LogP contribution in [0.2, 0.25) is 0 Å². The Kier molecular flexibility index (Phi) is 7.21. The summed E-state index contributed by atoms with van der Waals surface area (Å²) in [5.74, 6) is -5.09. The Balaban J connectivity index is 3.14. The number of ether oxygens (including phenoxy) is 1. The second-order valence-electron chi connectivity index (χ2n) is 5.46. The van der Waals surface area contributed by atoms with E-state index < -0.39 is 61.0 Å². The number of aliphatic hydroxyl groups is 4. The van der Waals surface area contributed by atoms with E-state index in [9.17, 15) is 33.7 Å². The molecule has 142 valence electrons. The fraction of sp³-hybridized carbons (Fsp3) is 0.714. The highest BCUT2D eigenvalue weighted by atomic mass is 19.2. The number of halogens is 2. The molecule has 9 nitrogen and oxygen atoms in total. The number of carboxylic acid groups (broad SMARTS) is 1. The number of terminal acetylenes is 1. The molecule has 7 atom stereocenters. The number of carboxylic acids is 1. The summed E-state index contributed by atoms with van der Waals surface area (Å²) in [6.45, 7) is -1.03. The van der Waals surface area contributed by atoms with Gasteiger partial charge in [-0.25, -0.2) is 9.18 Å². The van der Waals surface area contributed by atoms with Gasteiger partial charge in [0, 0.05) is 12.8 Å². The Hall–Kier alpha value is -1.84. The molecule has 0 spiro atoms. The minimum Gasteiger partial charge on any atom is -0.477 e. The van der Waals surface area contributed by atoms with E-state index in [0.29, 0.717) is 0 Å². The van der Waals surface area contributed by atoms with Crippen molar-refractivity contribution >= 4 is 11.9 Å². The highest BCUT2D eigenvalue weighted by Crippen LogP contribution is 2.35. The number of aliphatic hydroxyl groups excluding tert-OH is 4. The van der Waals surface area contributed by atoms with E-state index in [1.54, 1.807) is 0 Å². The normalized spacial score (nSPS) is 34.6. The molecule has 0 saturated carbocycles. The first-order chi connectivity index (χ1) is 11.6. The van der Waals surface area contributed by atoms with Gasteiger partial charge < -0.3 is 35.6 Å². The van der Waals surface area contributed by atoms with Crippen molar-refractivity contribution in [2.45, 2.75) is 55.3 Å². The lowest BCUT2D eigenvalue weighted by Crippen LogP contribution is -2.71. The second-order valence-corrected chi connectivity index (χ2v) is 5.46. The van der Waals surface area contributed by atoms with Crippen molar-refractivity contribution in [3.05, 3.63) is 0 Å². The third-order valence-corrected chi connectivity index (χ3v) is 3.72. The molecule has 25 heavy (non-hydrogen) atoms. The van der Waals surface area contributed by atoms with Crippen LogP contribution < -0.4 is 5.32 Å². The number of aliphatic carboxylic acids is 1. The van der Waals surface area contributed by atoms with E-state index in [4.69, 9.17) is 16.6 Å². The number of rotatable bonds is 7. The monoisotopic (exact) mass is 367 g/mol. The number of hydrogen-bond acceptors (Lipinski definition) is 7.